The lowest BCUT2D eigenvalue weighted by molar-refractivity contribution is -0.147. The van der Waals surface area contributed by atoms with Crippen LogP contribution in [-0.4, -0.2) is 33.2 Å². The van der Waals surface area contributed by atoms with Crippen molar-refractivity contribution >= 4 is 17.3 Å². The Bertz CT molecular complexity index is 747. The minimum Gasteiger partial charge on any atom is -0.510 e. The van der Waals surface area contributed by atoms with Crippen LogP contribution >= 0.6 is 0 Å². The molecule has 0 aromatic rings. The molecule has 0 amide bonds. The number of ketones is 3. The minimum atomic E-state index is -1.52. The fourth-order valence-electron chi connectivity index (χ4n) is 4.64. The van der Waals surface area contributed by atoms with Crippen LogP contribution in [0.3, 0.4) is 0 Å². The molecule has 0 radical (unpaired) electrons. The molecular weight excluding hydrogens is 344 g/mol. The van der Waals surface area contributed by atoms with Gasteiger partial charge in [0.05, 0.1) is 16.4 Å². The van der Waals surface area contributed by atoms with Gasteiger partial charge in [0, 0.05) is 11.8 Å². The van der Waals surface area contributed by atoms with Crippen molar-refractivity contribution in [3.63, 3.8) is 0 Å². The van der Waals surface area contributed by atoms with Crippen molar-refractivity contribution in [1.82, 2.24) is 0 Å². The Morgan fingerprint density at radius 2 is 1.89 bits per heavy atom. The maximum Gasteiger partial charge on any atom is 0.183 e. The fourth-order valence-corrected chi connectivity index (χ4v) is 4.64. The first-order valence-electron chi connectivity index (χ1n) is 9.68. The summed E-state index contributed by atoms with van der Waals surface area (Å²) < 4.78 is 0. The largest absolute Gasteiger partial charge is 0.510 e. The number of fused-ring (bicyclic) bond motifs is 2. The Morgan fingerprint density at radius 1 is 1.33 bits per heavy atom. The van der Waals surface area contributed by atoms with Crippen molar-refractivity contribution in [1.29, 1.82) is 0 Å². The topological polar surface area (TPSA) is 91.7 Å². The molecule has 0 aromatic carbocycles. The molecule has 1 fully saturated rings. The van der Waals surface area contributed by atoms with Crippen LogP contribution in [0.4, 0.5) is 0 Å². The van der Waals surface area contributed by atoms with Gasteiger partial charge >= 0.3 is 0 Å². The molecule has 5 heteroatoms. The number of hydrogen-bond donors (Lipinski definition) is 2. The van der Waals surface area contributed by atoms with Crippen LogP contribution in [0.5, 0.6) is 0 Å². The molecule has 27 heavy (non-hydrogen) atoms. The highest BCUT2D eigenvalue weighted by atomic mass is 16.3. The Morgan fingerprint density at radius 3 is 2.33 bits per heavy atom. The van der Waals surface area contributed by atoms with Crippen LogP contribution in [0.25, 0.3) is 0 Å². The molecule has 2 aliphatic carbocycles. The second-order valence-electron chi connectivity index (χ2n) is 9.24. The van der Waals surface area contributed by atoms with Crippen molar-refractivity contribution in [2.45, 2.75) is 73.3 Å². The third-order valence-electron chi connectivity index (χ3n) is 6.56. The fraction of sp³-hybridized carbons (Fsp3) is 0.682. The lowest BCUT2D eigenvalue weighted by Crippen LogP contribution is -2.52. The van der Waals surface area contributed by atoms with Gasteiger partial charge in [-0.2, -0.15) is 0 Å². The predicted molar refractivity (Wildman–Crippen MR) is 103 cm³/mol. The van der Waals surface area contributed by atoms with Crippen molar-refractivity contribution < 1.29 is 24.6 Å². The summed E-state index contributed by atoms with van der Waals surface area (Å²) in [6.45, 7) is 12.0. The Labute approximate surface area is 161 Å². The van der Waals surface area contributed by atoms with Gasteiger partial charge in [-0.05, 0) is 53.9 Å². The van der Waals surface area contributed by atoms with Gasteiger partial charge in [-0.3, -0.25) is 14.4 Å². The van der Waals surface area contributed by atoms with Gasteiger partial charge < -0.3 is 10.2 Å². The average molecular weight is 376 g/mol. The molecule has 2 bridgehead atoms. The smallest absolute Gasteiger partial charge is 0.183 e. The number of Topliss-reactive ketones (excluding diaryl/α,β-unsaturated/α-hetero) is 3. The van der Waals surface area contributed by atoms with E-state index in [0.717, 1.165) is 5.57 Å². The summed E-state index contributed by atoms with van der Waals surface area (Å²) in [5.41, 5.74) is -3.41. The van der Waals surface area contributed by atoms with Crippen LogP contribution in [0, 0.1) is 22.7 Å². The van der Waals surface area contributed by atoms with Gasteiger partial charge in [0.2, 0.25) is 0 Å². The van der Waals surface area contributed by atoms with E-state index in [-0.39, 0.29) is 24.2 Å². The van der Waals surface area contributed by atoms with Gasteiger partial charge in [-0.1, -0.05) is 25.5 Å². The first-order chi connectivity index (χ1) is 12.2. The average Bonchev–Trinajstić information content (AvgIpc) is 2.77. The molecule has 5 nitrogen and oxygen atoms in total. The van der Waals surface area contributed by atoms with Gasteiger partial charge in [0.25, 0.3) is 0 Å². The zero-order valence-electron chi connectivity index (χ0n) is 17.5. The Hall–Kier alpha value is -1.75. The molecule has 0 saturated heterocycles. The number of aliphatic hydroxyl groups excluding tert-OH is 1. The predicted octanol–water partition coefficient (Wildman–Crippen LogP) is 3.71. The maximum absolute atomic E-state index is 13.5. The molecule has 2 rings (SSSR count). The lowest BCUT2D eigenvalue weighted by atomic mass is 9.62. The van der Waals surface area contributed by atoms with Crippen LogP contribution < -0.4 is 0 Å². The third-order valence-corrected chi connectivity index (χ3v) is 6.56. The van der Waals surface area contributed by atoms with Crippen molar-refractivity contribution in [3.05, 3.63) is 23.0 Å². The quantitative estimate of drug-likeness (QED) is 0.419. The zero-order valence-corrected chi connectivity index (χ0v) is 17.5. The Kier molecular flexibility index (Phi) is 5.34. The van der Waals surface area contributed by atoms with E-state index in [4.69, 9.17) is 0 Å². The zero-order chi connectivity index (χ0) is 20.9. The molecule has 0 spiro atoms. The van der Waals surface area contributed by atoms with Crippen molar-refractivity contribution in [3.8, 4) is 0 Å². The van der Waals surface area contributed by atoms with Gasteiger partial charge in [0.1, 0.15) is 11.3 Å². The summed E-state index contributed by atoms with van der Waals surface area (Å²) in [5, 5.41) is 21.8. The van der Waals surface area contributed by atoms with Crippen LogP contribution in [0.1, 0.15) is 67.7 Å². The van der Waals surface area contributed by atoms with E-state index in [0.29, 0.717) is 6.42 Å². The summed E-state index contributed by atoms with van der Waals surface area (Å²) in [6, 6.07) is 0. The maximum atomic E-state index is 13.5. The van der Waals surface area contributed by atoms with Gasteiger partial charge in [-0.25, -0.2) is 0 Å². The number of aliphatic hydroxyl groups is 2. The number of rotatable bonds is 6. The van der Waals surface area contributed by atoms with E-state index < -0.39 is 45.6 Å². The third kappa shape index (κ3) is 3.00. The molecule has 2 N–H and O–H groups in total. The van der Waals surface area contributed by atoms with Crippen LogP contribution in [-0.2, 0) is 14.4 Å². The number of carbonyl (C=O) groups excluding carboxylic acids is 3. The summed E-state index contributed by atoms with van der Waals surface area (Å²) >= 11 is 0. The lowest BCUT2D eigenvalue weighted by Gasteiger charge is -2.38. The van der Waals surface area contributed by atoms with E-state index in [1.165, 1.54) is 6.92 Å². The minimum absolute atomic E-state index is 0.143. The molecular formula is C22H32O5. The SMILES string of the molecule is CCC(C)C(=O)C1=C(O)[C@@]2(CC=C(C)C)C[C@@H](C(C)(C)O)[C@@](C)(C1=O)C2=O. The van der Waals surface area contributed by atoms with E-state index in [2.05, 4.69) is 0 Å². The summed E-state index contributed by atoms with van der Waals surface area (Å²) in [6.07, 6.45) is 2.74. The second kappa shape index (κ2) is 6.69. The highest BCUT2D eigenvalue weighted by Crippen LogP contribution is 2.62. The highest BCUT2D eigenvalue weighted by molar-refractivity contribution is 6.32. The molecule has 1 unspecified atom stereocenters. The summed E-state index contributed by atoms with van der Waals surface area (Å²) in [5.74, 6) is -2.96. The Balaban J connectivity index is 2.79. The van der Waals surface area contributed by atoms with Crippen molar-refractivity contribution in [2.75, 3.05) is 0 Å². The molecule has 0 aliphatic heterocycles. The van der Waals surface area contributed by atoms with E-state index >= 15 is 0 Å². The normalized spacial score (nSPS) is 31.9. The number of allylic oxidation sites excluding steroid dienone is 4. The number of carbonyl (C=O) groups is 3. The molecule has 1 saturated carbocycles. The summed E-state index contributed by atoms with van der Waals surface area (Å²) in [4.78, 5) is 39.7. The van der Waals surface area contributed by atoms with Gasteiger partial charge in [0.15, 0.2) is 17.3 Å². The van der Waals surface area contributed by atoms with Crippen LogP contribution in [0.2, 0.25) is 0 Å². The number of hydrogen-bond acceptors (Lipinski definition) is 5. The molecule has 0 heterocycles. The molecule has 150 valence electrons. The standard InChI is InChI=1S/C22H32O5/c1-8-13(4)16(23)15-17(24)21(7)14(20(5,6)27)11-22(18(15)25,19(21)26)10-9-12(2)3/h9,13-14,25,27H,8,10-11H2,1-7H3/t13?,14-,21-,22+/m0/s1. The summed E-state index contributed by atoms with van der Waals surface area (Å²) in [7, 11) is 0. The molecule has 4 atom stereocenters. The van der Waals surface area contributed by atoms with E-state index in [1.54, 1.807) is 20.8 Å². The molecule has 2 aliphatic rings. The van der Waals surface area contributed by atoms with Gasteiger partial charge in [-0.15, -0.1) is 0 Å². The van der Waals surface area contributed by atoms with Crippen LogP contribution in [0.15, 0.2) is 23.0 Å². The monoisotopic (exact) mass is 376 g/mol. The highest BCUT2D eigenvalue weighted by Gasteiger charge is 2.71. The molecule has 0 aromatic heterocycles. The van der Waals surface area contributed by atoms with Crippen molar-refractivity contribution in [2.24, 2.45) is 22.7 Å². The van der Waals surface area contributed by atoms with E-state index in [1.807, 2.05) is 26.8 Å². The first-order valence-corrected chi connectivity index (χ1v) is 9.68. The first kappa shape index (κ1) is 21.5. The van der Waals surface area contributed by atoms with E-state index in [9.17, 15) is 24.6 Å². The second-order valence-corrected chi connectivity index (χ2v) is 9.24.